The fourth-order valence-electron chi connectivity index (χ4n) is 5.42. The maximum absolute atomic E-state index is 6.58. The molecule has 2 atom stereocenters. The van der Waals surface area contributed by atoms with E-state index in [-0.39, 0.29) is 17.1 Å². The minimum Gasteiger partial charge on any atom is -0.487 e. The Morgan fingerprint density at radius 3 is 2.79 bits per heavy atom. The van der Waals surface area contributed by atoms with E-state index in [2.05, 4.69) is 35.6 Å². The molecule has 2 saturated heterocycles. The summed E-state index contributed by atoms with van der Waals surface area (Å²) in [5.74, 6) is 1.25. The third-order valence-corrected chi connectivity index (χ3v) is 7.59. The normalized spacial score (nSPS) is 27.9. The van der Waals surface area contributed by atoms with E-state index in [0.29, 0.717) is 5.92 Å². The molecule has 5 nitrogen and oxygen atoms in total. The maximum atomic E-state index is 6.58. The lowest BCUT2D eigenvalue weighted by atomic mass is 9.64. The van der Waals surface area contributed by atoms with E-state index in [1.54, 1.807) is 6.33 Å². The Balaban J connectivity index is 1.31. The quantitative estimate of drug-likeness (QED) is 0.757. The van der Waals surface area contributed by atoms with Crippen LogP contribution in [0, 0.1) is 18.3 Å². The highest BCUT2D eigenvalue weighted by Gasteiger charge is 2.52. The Morgan fingerprint density at radius 2 is 2.07 bits per heavy atom. The monoisotopic (exact) mass is 415 g/mol. The van der Waals surface area contributed by atoms with E-state index in [0.717, 1.165) is 67.5 Å². The molecule has 0 radical (unpaired) electrons. The molecule has 6 heteroatoms. The van der Waals surface area contributed by atoms with Crippen LogP contribution in [0.25, 0.3) is 0 Å². The number of nitrogens with one attached hydrogen (secondary N) is 1. The third-order valence-electron chi connectivity index (χ3n) is 7.36. The second-order valence-corrected chi connectivity index (χ2v) is 10.1. The summed E-state index contributed by atoms with van der Waals surface area (Å²) in [6.45, 7) is 10.5. The molecule has 1 spiro atoms. The molecule has 2 fully saturated rings. The number of H-pyrrole nitrogens is 1. The lowest BCUT2D eigenvalue weighted by Crippen LogP contribution is -2.54. The lowest BCUT2D eigenvalue weighted by Gasteiger charge is -2.54. The van der Waals surface area contributed by atoms with Crippen LogP contribution in [0.4, 0.5) is 0 Å². The minimum absolute atomic E-state index is 0.0720. The van der Waals surface area contributed by atoms with Crippen LogP contribution in [0.15, 0.2) is 24.5 Å². The van der Waals surface area contributed by atoms with Gasteiger partial charge in [-0.2, -0.15) is 0 Å². The van der Waals surface area contributed by atoms with Crippen LogP contribution in [0.2, 0.25) is 5.02 Å². The first kappa shape index (κ1) is 19.4. The van der Waals surface area contributed by atoms with Crippen molar-refractivity contribution < 1.29 is 9.47 Å². The predicted octanol–water partition coefficient (Wildman–Crippen LogP) is 4.90. The average molecular weight is 416 g/mol. The van der Waals surface area contributed by atoms with Gasteiger partial charge in [-0.15, -0.1) is 0 Å². The number of nitrogens with zero attached hydrogens (tertiary/aromatic N) is 2. The summed E-state index contributed by atoms with van der Waals surface area (Å²) in [6, 6.07) is 5.91. The van der Waals surface area contributed by atoms with Gasteiger partial charge < -0.3 is 14.5 Å². The van der Waals surface area contributed by atoms with Crippen molar-refractivity contribution in [1.29, 1.82) is 0 Å². The van der Waals surface area contributed by atoms with Gasteiger partial charge in [0.15, 0.2) is 0 Å². The van der Waals surface area contributed by atoms with E-state index in [9.17, 15) is 0 Å². The second kappa shape index (κ2) is 7.00. The van der Waals surface area contributed by atoms with Crippen molar-refractivity contribution in [3.05, 3.63) is 46.5 Å². The Labute approximate surface area is 177 Å². The molecule has 3 aliphatic heterocycles. The fourth-order valence-corrected chi connectivity index (χ4v) is 5.60. The zero-order valence-corrected chi connectivity index (χ0v) is 18.3. The standard InChI is InChI=1S/C23H30ClN3O2/c1-15-19(26-14-25-15)12-27-8-6-23(7-9-27)11-18-21(28-13-23)17-10-16(24)4-5-20(17)29-22(18,2)3/h4-5,10,14,18,21H,6-9,11-13H2,1-3H3,(H,25,26)/t18-,21+/m1/s1. The van der Waals surface area contributed by atoms with E-state index in [4.69, 9.17) is 21.1 Å². The van der Waals surface area contributed by atoms with Crippen molar-refractivity contribution in [2.24, 2.45) is 11.3 Å². The molecule has 1 N–H and O–H groups in total. The Hall–Kier alpha value is -1.56. The number of ether oxygens (including phenoxy) is 2. The van der Waals surface area contributed by atoms with Gasteiger partial charge in [0.1, 0.15) is 11.4 Å². The van der Waals surface area contributed by atoms with E-state index in [1.807, 2.05) is 18.2 Å². The van der Waals surface area contributed by atoms with E-state index < -0.39 is 0 Å². The Bertz CT molecular complexity index is 901. The first-order valence-corrected chi connectivity index (χ1v) is 11.0. The number of imidazole rings is 1. The molecule has 4 heterocycles. The van der Waals surface area contributed by atoms with E-state index in [1.165, 1.54) is 5.69 Å². The number of hydrogen-bond donors (Lipinski definition) is 1. The first-order valence-electron chi connectivity index (χ1n) is 10.7. The van der Waals surface area contributed by atoms with Gasteiger partial charge in [-0.1, -0.05) is 11.6 Å². The number of aromatic nitrogens is 2. The molecule has 5 rings (SSSR count). The number of fused-ring (bicyclic) bond motifs is 3. The minimum atomic E-state index is -0.248. The Kier molecular flexibility index (Phi) is 4.68. The van der Waals surface area contributed by atoms with Crippen LogP contribution < -0.4 is 4.74 Å². The van der Waals surface area contributed by atoms with E-state index >= 15 is 0 Å². The molecular formula is C23H30ClN3O2. The molecule has 1 aromatic carbocycles. The summed E-state index contributed by atoms with van der Waals surface area (Å²) in [6.07, 6.45) is 5.34. The first-order chi connectivity index (χ1) is 13.9. The molecule has 29 heavy (non-hydrogen) atoms. The molecule has 2 aromatic rings. The summed E-state index contributed by atoms with van der Waals surface area (Å²) in [7, 11) is 0. The number of hydrogen-bond acceptors (Lipinski definition) is 4. The topological polar surface area (TPSA) is 50.4 Å². The maximum Gasteiger partial charge on any atom is 0.126 e. The highest BCUT2D eigenvalue weighted by Crippen LogP contribution is 2.55. The summed E-state index contributed by atoms with van der Waals surface area (Å²) in [5, 5.41) is 0.747. The number of aromatic amines is 1. The molecule has 0 bridgehead atoms. The van der Waals surface area contributed by atoms with Crippen LogP contribution in [-0.4, -0.2) is 40.2 Å². The van der Waals surface area contributed by atoms with Gasteiger partial charge in [0, 0.05) is 28.7 Å². The number of benzene rings is 1. The average Bonchev–Trinajstić information content (AvgIpc) is 3.09. The number of halogens is 1. The molecule has 0 amide bonds. The Morgan fingerprint density at radius 1 is 1.28 bits per heavy atom. The predicted molar refractivity (Wildman–Crippen MR) is 113 cm³/mol. The van der Waals surface area contributed by atoms with Gasteiger partial charge in [0.25, 0.3) is 0 Å². The SMILES string of the molecule is Cc1[nH]cnc1CN1CCC2(CC1)CO[C@H]1c3cc(Cl)ccc3OC(C)(C)[C@@H]1C2. The van der Waals surface area contributed by atoms with Crippen LogP contribution >= 0.6 is 11.6 Å². The molecule has 0 unspecified atom stereocenters. The lowest BCUT2D eigenvalue weighted by molar-refractivity contribution is -0.174. The fraction of sp³-hybridized carbons (Fsp3) is 0.609. The van der Waals surface area contributed by atoms with Gasteiger partial charge in [-0.25, -0.2) is 4.98 Å². The molecule has 0 saturated carbocycles. The zero-order chi connectivity index (χ0) is 20.2. The highest BCUT2D eigenvalue weighted by atomic mass is 35.5. The van der Waals surface area contributed by atoms with Gasteiger partial charge in [0.2, 0.25) is 0 Å². The van der Waals surface area contributed by atoms with Crippen LogP contribution in [0.3, 0.4) is 0 Å². The van der Waals surface area contributed by atoms with Gasteiger partial charge in [-0.3, -0.25) is 4.90 Å². The third kappa shape index (κ3) is 3.47. The van der Waals surface area contributed by atoms with Gasteiger partial charge in [0.05, 0.1) is 24.7 Å². The van der Waals surface area contributed by atoms with Crippen LogP contribution in [0.1, 0.15) is 56.2 Å². The van der Waals surface area contributed by atoms with Crippen molar-refractivity contribution in [2.75, 3.05) is 19.7 Å². The van der Waals surface area contributed by atoms with Crippen molar-refractivity contribution in [3.63, 3.8) is 0 Å². The van der Waals surface area contributed by atoms with Crippen molar-refractivity contribution in [1.82, 2.24) is 14.9 Å². The molecule has 156 valence electrons. The number of likely N-dealkylation sites (tertiary alicyclic amines) is 1. The summed E-state index contributed by atoms with van der Waals surface area (Å²) < 4.78 is 13.0. The molecule has 1 aromatic heterocycles. The van der Waals surface area contributed by atoms with Crippen molar-refractivity contribution in [3.8, 4) is 5.75 Å². The smallest absolute Gasteiger partial charge is 0.126 e. The molecular weight excluding hydrogens is 386 g/mol. The van der Waals surface area contributed by atoms with Gasteiger partial charge >= 0.3 is 0 Å². The van der Waals surface area contributed by atoms with Crippen molar-refractivity contribution in [2.45, 2.75) is 58.3 Å². The zero-order valence-electron chi connectivity index (χ0n) is 17.5. The van der Waals surface area contributed by atoms with Crippen LogP contribution in [-0.2, 0) is 11.3 Å². The largest absolute Gasteiger partial charge is 0.487 e. The van der Waals surface area contributed by atoms with Crippen LogP contribution in [0.5, 0.6) is 5.75 Å². The van der Waals surface area contributed by atoms with Crippen molar-refractivity contribution >= 4 is 11.6 Å². The summed E-state index contributed by atoms with van der Waals surface area (Å²) >= 11 is 6.28. The summed E-state index contributed by atoms with van der Waals surface area (Å²) in [4.78, 5) is 10.2. The number of rotatable bonds is 2. The highest BCUT2D eigenvalue weighted by molar-refractivity contribution is 6.30. The number of piperidine rings is 1. The number of aryl methyl sites for hydroxylation is 1. The summed E-state index contributed by atoms with van der Waals surface area (Å²) in [5.41, 5.74) is 3.45. The molecule has 3 aliphatic rings. The van der Waals surface area contributed by atoms with Gasteiger partial charge in [-0.05, 0) is 76.7 Å². The molecule has 0 aliphatic carbocycles. The second-order valence-electron chi connectivity index (χ2n) is 9.68.